The molecular formula is C17H19N5OS. The third-order valence-electron chi connectivity index (χ3n) is 4.11. The van der Waals surface area contributed by atoms with E-state index in [1.165, 1.54) is 36.3 Å². The summed E-state index contributed by atoms with van der Waals surface area (Å²) in [7, 11) is 0. The molecule has 0 spiro atoms. The maximum Gasteiger partial charge on any atom is 0.239 e. The predicted molar refractivity (Wildman–Crippen MR) is 93.5 cm³/mol. The second-order valence-corrected chi connectivity index (χ2v) is 7.04. The van der Waals surface area contributed by atoms with Crippen molar-refractivity contribution in [3.8, 4) is 11.4 Å². The third-order valence-corrected chi connectivity index (χ3v) is 5.24. The van der Waals surface area contributed by atoms with Gasteiger partial charge in [-0.15, -0.1) is 16.4 Å². The van der Waals surface area contributed by atoms with Crippen molar-refractivity contribution in [2.45, 2.75) is 38.7 Å². The van der Waals surface area contributed by atoms with Crippen molar-refractivity contribution in [3.63, 3.8) is 0 Å². The molecule has 1 aromatic carbocycles. The van der Waals surface area contributed by atoms with Crippen LogP contribution in [0.1, 0.15) is 34.8 Å². The first kappa shape index (κ1) is 15.1. The topological polar surface area (TPSA) is 78.8 Å². The Kier molecular flexibility index (Phi) is 4.17. The monoisotopic (exact) mass is 341 g/mol. The maximum absolute atomic E-state index is 5.88. The zero-order chi connectivity index (χ0) is 16.4. The van der Waals surface area contributed by atoms with Gasteiger partial charge in [-0.2, -0.15) is 0 Å². The van der Waals surface area contributed by atoms with E-state index in [1.807, 2.05) is 24.3 Å². The lowest BCUT2D eigenvalue weighted by molar-refractivity contribution is 0.305. The molecule has 24 heavy (non-hydrogen) atoms. The molecule has 0 atom stereocenters. The van der Waals surface area contributed by atoms with Gasteiger partial charge in [-0.3, -0.25) is 0 Å². The van der Waals surface area contributed by atoms with E-state index in [0.29, 0.717) is 6.61 Å². The summed E-state index contributed by atoms with van der Waals surface area (Å²) < 4.78 is 7.51. The molecule has 0 saturated heterocycles. The molecule has 0 amide bonds. The molecule has 0 aliphatic heterocycles. The smallest absolute Gasteiger partial charge is 0.239 e. The summed E-state index contributed by atoms with van der Waals surface area (Å²) in [5, 5.41) is 5.15. The zero-order valence-corrected chi connectivity index (χ0v) is 14.1. The van der Waals surface area contributed by atoms with E-state index in [9.17, 15) is 0 Å². The summed E-state index contributed by atoms with van der Waals surface area (Å²) in [5.74, 6) is 1.08. The van der Waals surface area contributed by atoms with Crippen molar-refractivity contribution in [1.82, 2.24) is 19.7 Å². The zero-order valence-electron chi connectivity index (χ0n) is 13.3. The molecule has 1 aliphatic rings. The fraction of sp³-hybridized carbons (Fsp3) is 0.353. The molecular weight excluding hydrogens is 322 g/mol. The number of thiazole rings is 1. The molecule has 0 radical (unpaired) electrons. The van der Waals surface area contributed by atoms with Gasteiger partial charge in [-0.25, -0.2) is 14.6 Å². The van der Waals surface area contributed by atoms with Crippen molar-refractivity contribution in [1.29, 1.82) is 0 Å². The molecule has 4 rings (SSSR count). The standard InChI is InChI=1S/C17H19N5OS/c18-17-19-11-22(21-17)12-6-8-13(9-7-12)23-10-16-20-14-4-2-1-3-5-15(14)24-16/h6-9,11H,1-5,10H2,(H2,18,21). The SMILES string of the molecule is Nc1ncn(-c2ccc(OCc3nc4c(s3)CCCCC4)cc2)n1. The molecule has 6 nitrogen and oxygen atoms in total. The van der Waals surface area contributed by atoms with Crippen LogP contribution in [0.2, 0.25) is 0 Å². The Balaban J connectivity index is 1.41. The summed E-state index contributed by atoms with van der Waals surface area (Å²) in [5.41, 5.74) is 7.72. The molecule has 2 heterocycles. The van der Waals surface area contributed by atoms with E-state index in [2.05, 4.69) is 10.1 Å². The molecule has 7 heteroatoms. The highest BCUT2D eigenvalue weighted by Gasteiger charge is 2.14. The highest BCUT2D eigenvalue weighted by atomic mass is 32.1. The third kappa shape index (κ3) is 3.26. The first-order valence-corrected chi connectivity index (χ1v) is 8.97. The Morgan fingerprint density at radius 3 is 2.75 bits per heavy atom. The van der Waals surface area contributed by atoms with E-state index < -0.39 is 0 Å². The van der Waals surface area contributed by atoms with Crippen LogP contribution in [0.3, 0.4) is 0 Å². The lowest BCUT2D eigenvalue weighted by Gasteiger charge is -2.05. The van der Waals surface area contributed by atoms with Gasteiger partial charge in [-0.1, -0.05) is 6.42 Å². The summed E-state index contributed by atoms with van der Waals surface area (Å²) in [6.07, 6.45) is 7.73. The van der Waals surface area contributed by atoms with Gasteiger partial charge < -0.3 is 10.5 Å². The summed E-state index contributed by atoms with van der Waals surface area (Å²) >= 11 is 1.80. The van der Waals surface area contributed by atoms with Gasteiger partial charge in [-0.05, 0) is 49.9 Å². The van der Waals surface area contributed by atoms with Crippen LogP contribution in [0.5, 0.6) is 5.75 Å². The lowest BCUT2D eigenvalue weighted by Crippen LogP contribution is -1.98. The molecule has 0 saturated carbocycles. The summed E-state index contributed by atoms with van der Waals surface area (Å²) in [4.78, 5) is 10.1. The fourth-order valence-electron chi connectivity index (χ4n) is 2.88. The number of ether oxygens (including phenoxy) is 1. The van der Waals surface area contributed by atoms with E-state index in [4.69, 9.17) is 15.5 Å². The Morgan fingerprint density at radius 2 is 1.96 bits per heavy atom. The number of hydrogen-bond acceptors (Lipinski definition) is 6. The van der Waals surface area contributed by atoms with Crippen LogP contribution >= 0.6 is 11.3 Å². The van der Waals surface area contributed by atoms with E-state index >= 15 is 0 Å². The number of anilines is 1. The summed E-state index contributed by atoms with van der Waals surface area (Å²) in [6, 6.07) is 7.71. The van der Waals surface area contributed by atoms with E-state index in [0.717, 1.165) is 22.9 Å². The normalized spacial score (nSPS) is 14.2. The number of fused-ring (bicyclic) bond motifs is 1. The number of hydrogen-bond donors (Lipinski definition) is 1. The van der Waals surface area contributed by atoms with Crippen LogP contribution in [-0.2, 0) is 19.4 Å². The number of nitrogens with zero attached hydrogens (tertiary/aromatic N) is 4. The number of nitrogens with two attached hydrogens (primary N) is 1. The first-order chi connectivity index (χ1) is 11.8. The predicted octanol–water partition coefficient (Wildman–Crippen LogP) is 3.15. The fourth-order valence-corrected chi connectivity index (χ4v) is 3.95. The van der Waals surface area contributed by atoms with Gasteiger partial charge in [0.2, 0.25) is 5.95 Å². The van der Waals surface area contributed by atoms with Gasteiger partial charge in [0.1, 0.15) is 23.7 Å². The minimum atomic E-state index is 0.263. The highest BCUT2D eigenvalue weighted by molar-refractivity contribution is 7.11. The lowest BCUT2D eigenvalue weighted by atomic mass is 10.2. The Morgan fingerprint density at radius 1 is 1.12 bits per heavy atom. The quantitative estimate of drug-likeness (QED) is 0.738. The molecule has 0 unspecified atom stereocenters. The molecule has 124 valence electrons. The van der Waals surface area contributed by atoms with Crippen LogP contribution in [0.4, 0.5) is 5.95 Å². The second kappa shape index (κ2) is 6.60. The first-order valence-electron chi connectivity index (χ1n) is 8.16. The average molecular weight is 341 g/mol. The average Bonchev–Trinajstić information content (AvgIpc) is 3.14. The number of benzene rings is 1. The van der Waals surface area contributed by atoms with E-state index in [-0.39, 0.29) is 5.95 Å². The van der Waals surface area contributed by atoms with Crippen molar-refractivity contribution < 1.29 is 4.74 Å². The van der Waals surface area contributed by atoms with Crippen LogP contribution in [0.25, 0.3) is 5.69 Å². The maximum atomic E-state index is 5.88. The number of nitrogen functional groups attached to an aromatic ring is 1. The minimum Gasteiger partial charge on any atom is -0.486 e. The molecule has 2 N–H and O–H groups in total. The molecule has 1 aliphatic carbocycles. The van der Waals surface area contributed by atoms with Gasteiger partial charge in [0.25, 0.3) is 0 Å². The number of rotatable bonds is 4. The van der Waals surface area contributed by atoms with Crippen LogP contribution < -0.4 is 10.5 Å². The van der Waals surface area contributed by atoms with Gasteiger partial charge >= 0.3 is 0 Å². The van der Waals surface area contributed by atoms with Crippen molar-refractivity contribution in [2.75, 3.05) is 5.73 Å². The minimum absolute atomic E-state index is 0.263. The van der Waals surface area contributed by atoms with Crippen LogP contribution in [0.15, 0.2) is 30.6 Å². The van der Waals surface area contributed by atoms with Crippen molar-refractivity contribution in [3.05, 3.63) is 46.2 Å². The number of aryl methyl sites for hydroxylation is 2. The largest absolute Gasteiger partial charge is 0.486 e. The van der Waals surface area contributed by atoms with E-state index in [1.54, 1.807) is 22.3 Å². The van der Waals surface area contributed by atoms with Crippen molar-refractivity contribution in [2.24, 2.45) is 0 Å². The van der Waals surface area contributed by atoms with Crippen LogP contribution in [0, 0.1) is 0 Å². The molecule has 3 aromatic rings. The second-order valence-electron chi connectivity index (χ2n) is 5.87. The number of aromatic nitrogens is 4. The van der Waals surface area contributed by atoms with Crippen molar-refractivity contribution >= 4 is 17.3 Å². The molecule has 0 fully saturated rings. The van der Waals surface area contributed by atoms with Crippen LogP contribution in [-0.4, -0.2) is 19.7 Å². The molecule has 2 aromatic heterocycles. The van der Waals surface area contributed by atoms with Gasteiger partial charge in [0.15, 0.2) is 0 Å². The highest BCUT2D eigenvalue weighted by Crippen LogP contribution is 2.27. The Bertz CT molecular complexity index is 800. The summed E-state index contributed by atoms with van der Waals surface area (Å²) in [6.45, 7) is 0.521. The van der Waals surface area contributed by atoms with Gasteiger partial charge in [0.05, 0.1) is 11.4 Å². The molecule has 0 bridgehead atoms. The van der Waals surface area contributed by atoms with Gasteiger partial charge in [0, 0.05) is 4.88 Å². The Labute approximate surface area is 144 Å². The Hall–Kier alpha value is -2.41.